The molecule has 3 aromatic carbocycles. The molecule has 0 radical (unpaired) electrons. The fraction of sp³-hybridized carbons (Fsp3) is 0.300. The summed E-state index contributed by atoms with van der Waals surface area (Å²) < 4.78 is 7.88. The van der Waals surface area contributed by atoms with Crippen molar-refractivity contribution in [2.75, 3.05) is 20.1 Å². The summed E-state index contributed by atoms with van der Waals surface area (Å²) in [5.74, 6) is 0.889. The van der Waals surface area contributed by atoms with Gasteiger partial charge in [0, 0.05) is 19.5 Å². The lowest BCUT2D eigenvalue weighted by Gasteiger charge is -2.29. The van der Waals surface area contributed by atoms with E-state index in [1.807, 2.05) is 36.4 Å². The Morgan fingerprint density at radius 3 is 2.31 bits per heavy atom. The maximum atomic E-state index is 12.8. The lowest BCUT2D eigenvalue weighted by molar-refractivity contribution is 0.0988. The van der Waals surface area contributed by atoms with Gasteiger partial charge in [0.05, 0.1) is 12.7 Å². The summed E-state index contributed by atoms with van der Waals surface area (Å²) in [7, 11) is 2.16. The van der Waals surface area contributed by atoms with Crippen LogP contribution in [0.3, 0.4) is 0 Å². The number of hydrogen-bond acceptors (Lipinski definition) is 5. The van der Waals surface area contributed by atoms with Gasteiger partial charge in [-0.3, -0.25) is 4.79 Å². The van der Waals surface area contributed by atoms with Crippen molar-refractivity contribution in [2.24, 2.45) is 0 Å². The molecule has 1 fully saturated rings. The number of carbonyl (C=O) groups excluding carboxylic acids is 1. The highest BCUT2D eigenvalue weighted by atomic mass is 16.5. The van der Waals surface area contributed by atoms with Crippen molar-refractivity contribution >= 4 is 5.78 Å². The molecular weight excluding hydrogens is 448 g/mol. The summed E-state index contributed by atoms with van der Waals surface area (Å²) in [5, 5.41) is 8.26. The van der Waals surface area contributed by atoms with Crippen molar-refractivity contribution in [1.82, 2.24) is 19.9 Å². The summed E-state index contributed by atoms with van der Waals surface area (Å²) in [6, 6.07) is 24.6. The molecule has 4 aromatic rings. The number of aryl methyl sites for hydroxylation is 1. The second kappa shape index (κ2) is 10.9. The minimum absolute atomic E-state index is 0.0332. The zero-order chi connectivity index (χ0) is 24.9. The minimum Gasteiger partial charge on any atom is -0.490 e. The Labute approximate surface area is 212 Å². The third-order valence-corrected chi connectivity index (χ3v) is 6.89. The van der Waals surface area contributed by atoms with Crippen LogP contribution >= 0.6 is 0 Å². The smallest absolute Gasteiger partial charge is 0.189 e. The SMILES string of the molecule is Cc1ccccc1Cn1cc(C(=O)Cc2ccc(-c3ccc(OC4CCN(C)CC4)cc3)cc2)nn1. The molecule has 2 heterocycles. The zero-order valence-electron chi connectivity index (χ0n) is 20.9. The van der Waals surface area contributed by atoms with Gasteiger partial charge in [0.1, 0.15) is 17.5 Å². The molecule has 0 spiro atoms. The molecule has 6 heteroatoms. The molecule has 0 aliphatic carbocycles. The van der Waals surface area contributed by atoms with Crippen LogP contribution in [0.2, 0.25) is 0 Å². The van der Waals surface area contributed by atoms with Crippen LogP contribution in [-0.4, -0.2) is 51.9 Å². The molecule has 1 aromatic heterocycles. The van der Waals surface area contributed by atoms with Gasteiger partial charge in [-0.15, -0.1) is 5.10 Å². The number of aromatic nitrogens is 3. The number of rotatable bonds is 8. The molecule has 184 valence electrons. The molecule has 36 heavy (non-hydrogen) atoms. The lowest BCUT2D eigenvalue weighted by atomic mass is 10.0. The fourth-order valence-corrected chi connectivity index (χ4v) is 4.58. The number of nitrogens with zero attached hydrogens (tertiary/aromatic N) is 4. The second-order valence-corrected chi connectivity index (χ2v) is 9.67. The first-order chi connectivity index (χ1) is 17.5. The summed E-state index contributed by atoms with van der Waals surface area (Å²) in [5.41, 5.74) is 5.95. The number of likely N-dealkylation sites (tertiary alicyclic amines) is 1. The standard InChI is InChI=1S/C30H32N4O2/c1-22-5-3-4-6-26(22)20-34-21-29(31-32-34)30(35)19-23-7-9-24(10-8-23)25-11-13-27(14-12-25)36-28-15-17-33(2)18-16-28/h3-14,21,28H,15-20H2,1-2H3. The van der Waals surface area contributed by atoms with Crippen molar-refractivity contribution in [2.45, 2.75) is 38.8 Å². The Balaban J connectivity index is 1.17. The van der Waals surface area contributed by atoms with Crippen LogP contribution in [-0.2, 0) is 13.0 Å². The molecule has 6 nitrogen and oxygen atoms in total. The Morgan fingerprint density at radius 2 is 1.61 bits per heavy atom. The van der Waals surface area contributed by atoms with E-state index in [1.165, 1.54) is 11.1 Å². The zero-order valence-corrected chi connectivity index (χ0v) is 20.9. The van der Waals surface area contributed by atoms with E-state index in [0.29, 0.717) is 24.8 Å². The van der Waals surface area contributed by atoms with Gasteiger partial charge in [-0.1, -0.05) is 65.9 Å². The van der Waals surface area contributed by atoms with Crippen LogP contribution in [0.4, 0.5) is 0 Å². The first kappa shape index (κ1) is 23.9. The molecule has 0 saturated carbocycles. The maximum Gasteiger partial charge on any atom is 0.189 e. The molecular formula is C30H32N4O2. The van der Waals surface area contributed by atoms with Crippen LogP contribution in [0, 0.1) is 6.92 Å². The van der Waals surface area contributed by atoms with Crippen LogP contribution in [0.1, 0.15) is 40.0 Å². The number of carbonyl (C=O) groups is 1. The molecule has 0 bridgehead atoms. The van der Waals surface area contributed by atoms with Gasteiger partial charge in [0.15, 0.2) is 5.78 Å². The highest BCUT2D eigenvalue weighted by Crippen LogP contribution is 2.25. The van der Waals surface area contributed by atoms with Crippen molar-refractivity contribution in [3.63, 3.8) is 0 Å². The Kier molecular flexibility index (Phi) is 7.23. The van der Waals surface area contributed by atoms with Gasteiger partial charge in [-0.2, -0.15) is 0 Å². The first-order valence-corrected chi connectivity index (χ1v) is 12.6. The third kappa shape index (κ3) is 5.89. The molecule has 5 rings (SSSR count). The Bertz CT molecular complexity index is 1300. The van der Waals surface area contributed by atoms with Gasteiger partial charge in [0.25, 0.3) is 0 Å². The van der Waals surface area contributed by atoms with E-state index in [-0.39, 0.29) is 5.78 Å². The molecule has 1 aliphatic heterocycles. The van der Waals surface area contributed by atoms with Gasteiger partial charge in [-0.05, 0) is 66.8 Å². The van der Waals surface area contributed by atoms with Gasteiger partial charge in [-0.25, -0.2) is 4.68 Å². The molecule has 0 N–H and O–H groups in total. The van der Waals surface area contributed by atoms with Crippen LogP contribution in [0.25, 0.3) is 11.1 Å². The highest BCUT2D eigenvalue weighted by Gasteiger charge is 2.18. The van der Waals surface area contributed by atoms with Crippen LogP contribution in [0.15, 0.2) is 79.0 Å². The maximum absolute atomic E-state index is 12.8. The number of hydrogen-bond donors (Lipinski definition) is 0. The lowest BCUT2D eigenvalue weighted by Crippen LogP contribution is -2.35. The van der Waals surface area contributed by atoms with Crippen LogP contribution in [0.5, 0.6) is 5.75 Å². The molecule has 0 amide bonds. The first-order valence-electron chi connectivity index (χ1n) is 12.6. The van der Waals surface area contributed by atoms with Crippen molar-refractivity contribution in [3.05, 3.63) is 101 Å². The average molecular weight is 481 g/mol. The summed E-state index contributed by atoms with van der Waals surface area (Å²) in [6.45, 7) is 4.84. The van der Waals surface area contributed by atoms with E-state index < -0.39 is 0 Å². The van der Waals surface area contributed by atoms with Gasteiger partial charge >= 0.3 is 0 Å². The summed E-state index contributed by atoms with van der Waals surface area (Å²) in [4.78, 5) is 15.1. The number of ketones is 1. The predicted octanol–water partition coefficient (Wildman–Crippen LogP) is 5.20. The second-order valence-electron chi connectivity index (χ2n) is 9.67. The van der Waals surface area contributed by atoms with Crippen molar-refractivity contribution in [3.8, 4) is 16.9 Å². The van der Waals surface area contributed by atoms with Crippen LogP contribution < -0.4 is 4.74 Å². The quantitative estimate of drug-likeness (QED) is 0.325. The normalized spacial score (nSPS) is 14.6. The third-order valence-electron chi connectivity index (χ3n) is 6.89. The number of piperidine rings is 1. The minimum atomic E-state index is -0.0332. The molecule has 1 saturated heterocycles. The molecule has 0 atom stereocenters. The van der Waals surface area contributed by atoms with E-state index in [2.05, 4.69) is 65.6 Å². The number of ether oxygens (including phenoxy) is 1. The fourth-order valence-electron chi connectivity index (χ4n) is 4.58. The summed E-state index contributed by atoms with van der Waals surface area (Å²) >= 11 is 0. The van der Waals surface area contributed by atoms with E-state index >= 15 is 0 Å². The summed E-state index contributed by atoms with van der Waals surface area (Å²) in [6.07, 6.45) is 4.47. The monoisotopic (exact) mass is 480 g/mol. The van der Waals surface area contributed by atoms with E-state index in [1.54, 1.807) is 10.9 Å². The number of benzene rings is 3. The average Bonchev–Trinajstić information content (AvgIpc) is 3.37. The largest absolute Gasteiger partial charge is 0.490 e. The van der Waals surface area contributed by atoms with Crippen molar-refractivity contribution in [1.29, 1.82) is 0 Å². The van der Waals surface area contributed by atoms with E-state index in [4.69, 9.17) is 4.74 Å². The predicted molar refractivity (Wildman–Crippen MR) is 141 cm³/mol. The Hall–Kier alpha value is -3.77. The van der Waals surface area contributed by atoms with E-state index in [0.717, 1.165) is 48.4 Å². The Morgan fingerprint density at radius 1 is 0.944 bits per heavy atom. The van der Waals surface area contributed by atoms with Crippen molar-refractivity contribution < 1.29 is 9.53 Å². The molecule has 1 aliphatic rings. The van der Waals surface area contributed by atoms with E-state index in [9.17, 15) is 4.79 Å². The topological polar surface area (TPSA) is 60.2 Å². The number of Topliss-reactive ketones (excluding diaryl/α,β-unsaturated/α-hetero) is 1. The highest BCUT2D eigenvalue weighted by molar-refractivity contribution is 5.95. The van der Waals surface area contributed by atoms with Gasteiger partial charge in [0.2, 0.25) is 0 Å². The van der Waals surface area contributed by atoms with Gasteiger partial charge < -0.3 is 9.64 Å². The molecule has 0 unspecified atom stereocenters.